The van der Waals surface area contributed by atoms with Crippen LogP contribution in [0.25, 0.3) is 5.69 Å². The molecule has 3 N–H and O–H groups in total. The van der Waals surface area contributed by atoms with Gasteiger partial charge in [0.15, 0.2) is 0 Å². The van der Waals surface area contributed by atoms with Crippen molar-refractivity contribution in [1.29, 1.82) is 0 Å². The summed E-state index contributed by atoms with van der Waals surface area (Å²) in [4.78, 5) is 42.8. The van der Waals surface area contributed by atoms with Crippen molar-refractivity contribution in [3.8, 4) is 11.6 Å². The third-order valence-corrected chi connectivity index (χ3v) is 5.85. The number of carbonyl (C=O) groups is 1. The molecule has 1 aromatic heterocycles. The molecule has 0 aliphatic carbocycles. The zero-order valence-electron chi connectivity index (χ0n) is 17.4. The number of aliphatic imine (C=N–C) groups is 1. The number of urea groups is 1. The fourth-order valence-electron chi connectivity index (χ4n) is 3.12. The molecule has 0 bridgehead atoms. The fraction of sp³-hybridized carbons (Fsp3) is 0.182. The first-order valence-corrected chi connectivity index (χ1v) is 10.2. The van der Waals surface area contributed by atoms with Crippen LogP contribution in [0.2, 0.25) is 0 Å². The first kappa shape index (κ1) is 22.2. The summed E-state index contributed by atoms with van der Waals surface area (Å²) in [6.45, 7) is 7.44. The van der Waals surface area contributed by atoms with Crippen LogP contribution in [0.5, 0.6) is 5.88 Å². The molecule has 0 atom stereocenters. The standard InChI is InChI=1S/C22H21BrN4O4/c1-11-5-7-17(12(2)9-11)25-21(30)24-10-15-19(28)26-22(31)27(20(15)29)18-8-6-16(23)13(3)14(18)4/h5-10,29H,1-4H3,(H,25,30)(H,26,28,31). The fourth-order valence-corrected chi connectivity index (χ4v) is 3.55. The number of H-pyrrole nitrogens is 1. The van der Waals surface area contributed by atoms with E-state index in [4.69, 9.17) is 0 Å². The molecule has 2 aromatic carbocycles. The van der Waals surface area contributed by atoms with Crippen molar-refractivity contribution < 1.29 is 9.90 Å². The van der Waals surface area contributed by atoms with E-state index in [1.807, 2.05) is 32.9 Å². The van der Waals surface area contributed by atoms with Gasteiger partial charge >= 0.3 is 11.7 Å². The van der Waals surface area contributed by atoms with E-state index >= 15 is 0 Å². The molecule has 9 heteroatoms. The van der Waals surface area contributed by atoms with Crippen molar-refractivity contribution >= 4 is 33.9 Å². The second kappa shape index (κ2) is 8.73. The van der Waals surface area contributed by atoms with Gasteiger partial charge in [0.1, 0.15) is 5.56 Å². The number of halogens is 1. The number of hydrogen-bond acceptors (Lipinski definition) is 4. The number of rotatable bonds is 3. The average Bonchev–Trinajstić information content (AvgIpc) is 2.69. The van der Waals surface area contributed by atoms with Gasteiger partial charge in [0.05, 0.1) is 11.9 Å². The lowest BCUT2D eigenvalue weighted by molar-refractivity contribution is 0.259. The van der Waals surface area contributed by atoms with Crippen LogP contribution >= 0.6 is 15.9 Å². The molecule has 3 aromatic rings. The number of hydrogen-bond donors (Lipinski definition) is 3. The van der Waals surface area contributed by atoms with E-state index in [1.54, 1.807) is 25.1 Å². The Kier molecular flexibility index (Phi) is 6.26. The van der Waals surface area contributed by atoms with Crippen molar-refractivity contribution in [2.45, 2.75) is 27.7 Å². The van der Waals surface area contributed by atoms with Crippen LogP contribution in [0.4, 0.5) is 10.5 Å². The van der Waals surface area contributed by atoms with Gasteiger partial charge in [0.25, 0.3) is 5.56 Å². The SMILES string of the molecule is Cc1ccc(NC(=O)N=Cc2c(O)n(-c3ccc(Br)c(C)c3C)c(=O)[nH]c2=O)c(C)c1. The molecule has 0 unspecified atom stereocenters. The number of aromatic hydroxyl groups is 1. The van der Waals surface area contributed by atoms with Crippen LogP contribution in [0.3, 0.4) is 0 Å². The third-order valence-electron chi connectivity index (χ3n) is 4.99. The van der Waals surface area contributed by atoms with Crippen molar-refractivity contribution in [1.82, 2.24) is 9.55 Å². The number of amides is 2. The Labute approximate surface area is 186 Å². The summed E-state index contributed by atoms with van der Waals surface area (Å²) in [7, 11) is 0. The van der Waals surface area contributed by atoms with Gasteiger partial charge in [-0.1, -0.05) is 33.6 Å². The third kappa shape index (κ3) is 4.51. The van der Waals surface area contributed by atoms with E-state index in [2.05, 4.69) is 31.2 Å². The lowest BCUT2D eigenvalue weighted by Crippen LogP contribution is -2.32. The van der Waals surface area contributed by atoms with Gasteiger partial charge in [-0.15, -0.1) is 0 Å². The minimum absolute atomic E-state index is 0.310. The molecule has 3 rings (SSSR count). The van der Waals surface area contributed by atoms with Gasteiger partial charge in [-0.25, -0.2) is 19.1 Å². The molecular formula is C22H21BrN4O4. The van der Waals surface area contributed by atoms with Crippen molar-refractivity contribution in [2.75, 3.05) is 5.32 Å². The number of carbonyl (C=O) groups excluding carboxylic acids is 1. The van der Waals surface area contributed by atoms with E-state index in [1.165, 1.54) is 0 Å². The summed E-state index contributed by atoms with van der Waals surface area (Å²) in [6, 6.07) is 8.16. The number of nitrogens with one attached hydrogen (secondary N) is 2. The zero-order valence-corrected chi connectivity index (χ0v) is 19.0. The molecule has 0 aliphatic rings. The highest BCUT2D eigenvalue weighted by molar-refractivity contribution is 9.10. The maximum atomic E-state index is 12.4. The highest BCUT2D eigenvalue weighted by Crippen LogP contribution is 2.26. The lowest BCUT2D eigenvalue weighted by atomic mass is 10.1. The van der Waals surface area contributed by atoms with Crippen LogP contribution in [-0.2, 0) is 0 Å². The van der Waals surface area contributed by atoms with E-state index in [0.717, 1.165) is 37.5 Å². The summed E-state index contributed by atoms with van der Waals surface area (Å²) >= 11 is 3.42. The molecule has 0 spiro atoms. The largest absolute Gasteiger partial charge is 0.493 e. The molecule has 2 amide bonds. The van der Waals surface area contributed by atoms with E-state index < -0.39 is 23.2 Å². The first-order valence-electron chi connectivity index (χ1n) is 9.36. The number of aryl methyl sites for hydroxylation is 2. The molecule has 1 heterocycles. The van der Waals surface area contributed by atoms with Gasteiger partial charge in [0.2, 0.25) is 5.88 Å². The number of aromatic nitrogens is 2. The molecule has 0 fully saturated rings. The quantitative estimate of drug-likeness (QED) is 0.489. The number of aromatic amines is 1. The van der Waals surface area contributed by atoms with Gasteiger partial charge in [-0.2, -0.15) is 0 Å². The Hall–Kier alpha value is -3.46. The second-order valence-electron chi connectivity index (χ2n) is 7.16. The van der Waals surface area contributed by atoms with Crippen molar-refractivity contribution in [3.63, 3.8) is 0 Å². The van der Waals surface area contributed by atoms with Crippen LogP contribution in [0.1, 0.15) is 27.8 Å². The van der Waals surface area contributed by atoms with Gasteiger partial charge in [0, 0.05) is 10.2 Å². The first-order chi connectivity index (χ1) is 14.6. The maximum Gasteiger partial charge on any atom is 0.345 e. The Balaban J connectivity index is 2.00. The molecule has 8 nitrogen and oxygen atoms in total. The highest BCUT2D eigenvalue weighted by atomic mass is 79.9. The number of benzene rings is 2. The number of nitrogens with zero attached hydrogens (tertiary/aromatic N) is 2. The van der Waals surface area contributed by atoms with Crippen LogP contribution in [0.15, 0.2) is 49.4 Å². The molecule has 160 valence electrons. The minimum Gasteiger partial charge on any atom is -0.493 e. The van der Waals surface area contributed by atoms with Crippen LogP contribution < -0.4 is 16.6 Å². The molecule has 0 radical (unpaired) electrons. The van der Waals surface area contributed by atoms with E-state index in [0.29, 0.717) is 11.4 Å². The van der Waals surface area contributed by atoms with Gasteiger partial charge in [-0.3, -0.25) is 9.78 Å². The van der Waals surface area contributed by atoms with Crippen molar-refractivity contribution in [3.05, 3.63) is 83.5 Å². The summed E-state index contributed by atoms with van der Waals surface area (Å²) < 4.78 is 1.81. The van der Waals surface area contributed by atoms with Crippen molar-refractivity contribution in [2.24, 2.45) is 4.99 Å². The minimum atomic E-state index is -0.853. The Morgan fingerprint density at radius 2 is 1.84 bits per heavy atom. The van der Waals surface area contributed by atoms with E-state index in [-0.39, 0.29) is 5.56 Å². The summed E-state index contributed by atoms with van der Waals surface area (Å²) in [6.07, 6.45) is 0.935. The van der Waals surface area contributed by atoms with Crippen LogP contribution in [0, 0.1) is 27.7 Å². The predicted octanol–water partition coefficient (Wildman–Crippen LogP) is 3.88. The maximum absolute atomic E-state index is 12.4. The predicted molar refractivity (Wildman–Crippen MR) is 124 cm³/mol. The zero-order chi connectivity index (χ0) is 22.9. The molecule has 0 saturated carbocycles. The summed E-state index contributed by atoms with van der Waals surface area (Å²) in [5.41, 5.74) is 2.53. The Bertz CT molecular complexity index is 1340. The molecule has 0 saturated heterocycles. The van der Waals surface area contributed by atoms with Crippen LogP contribution in [-0.4, -0.2) is 26.9 Å². The normalized spacial score (nSPS) is 11.1. The molecular weight excluding hydrogens is 464 g/mol. The van der Waals surface area contributed by atoms with Gasteiger partial charge < -0.3 is 10.4 Å². The molecule has 31 heavy (non-hydrogen) atoms. The highest BCUT2D eigenvalue weighted by Gasteiger charge is 2.17. The number of anilines is 1. The van der Waals surface area contributed by atoms with E-state index in [9.17, 15) is 19.5 Å². The van der Waals surface area contributed by atoms with Gasteiger partial charge in [-0.05, 0) is 62.6 Å². The smallest absolute Gasteiger partial charge is 0.345 e. The summed E-state index contributed by atoms with van der Waals surface area (Å²) in [5.74, 6) is -0.610. The Morgan fingerprint density at radius 3 is 2.52 bits per heavy atom. The monoisotopic (exact) mass is 484 g/mol. The topological polar surface area (TPSA) is 117 Å². The Morgan fingerprint density at radius 1 is 1.13 bits per heavy atom. The molecule has 0 aliphatic heterocycles. The lowest BCUT2D eigenvalue weighted by Gasteiger charge is -2.14. The second-order valence-corrected chi connectivity index (χ2v) is 8.01. The average molecular weight is 485 g/mol. The summed E-state index contributed by atoms with van der Waals surface area (Å²) in [5, 5.41) is 13.3.